The van der Waals surface area contributed by atoms with Gasteiger partial charge in [-0.25, -0.2) is 0 Å². The number of para-hydroxylation sites is 2. The van der Waals surface area contributed by atoms with Crippen molar-refractivity contribution in [3.63, 3.8) is 0 Å². The van der Waals surface area contributed by atoms with Crippen LogP contribution in [0.5, 0.6) is 17.2 Å². The van der Waals surface area contributed by atoms with Gasteiger partial charge in [0.25, 0.3) is 0 Å². The Hall–Kier alpha value is -3.34. The molecule has 0 unspecified atom stereocenters. The van der Waals surface area contributed by atoms with Crippen LogP contribution in [0.25, 0.3) is 0 Å². The van der Waals surface area contributed by atoms with Crippen molar-refractivity contribution in [1.82, 2.24) is 0 Å². The molecule has 0 heterocycles. The molecule has 0 bridgehead atoms. The van der Waals surface area contributed by atoms with E-state index in [-0.39, 0.29) is 5.75 Å². The van der Waals surface area contributed by atoms with Crippen LogP contribution >= 0.6 is 0 Å². The molecule has 23 heavy (non-hydrogen) atoms. The fraction of sp³-hybridized carbons (Fsp3) is 0. The lowest BCUT2D eigenvalue weighted by atomic mass is 10.3. The number of rotatable bonds is 2. The van der Waals surface area contributed by atoms with Crippen molar-refractivity contribution >= 4 is 17.1 Å². The number of hydrogen-bond acceptors (Lipinski definition) is 5. The first-order valence-electron chi connectivity index (χ1n) is 6.97. The quantitative estimate of drug-likeness (QED) is 0.427. The van der Waals surface area contributed by atoms with E-state index in [1.54, 1.807) is 48.5 Å². The Balaban J connectivity index is 0.000000203. The third-order valence-corrected chi connectivity index (χ3v) is 2.93. The molecule has 0 aliphatic rings. The highest BCUT2D eigenvalue weighted by Gasteiger charge is 1.96. The molecular weight excluding hydrogens is 290 g/mol. The summed E-state index contributed by atoms with van der Waals surface area (Å²) in [5, 5.41) is 8.79. The molecule has 0 saturated heterocycles. The number of phenolic OH excluding ortho intramolecular Hbond substituents is 1. The number of ether oxygens (including phenoxy) is 1. The topological polar surface area (TPSA) is 108 Å². The lowest BCUT2D eigenvalue weighted by molar-refractivity contribution is 0.478. The molecule has 118 valence electrons. The van der Waals surface area contributed by atoms with Gasteiger partial charge in [-0.15, -0.1) is 0 Å². The van der Waals surface area contributed by atoms with Crippen molar-refractivity contribution < 1.29 is 9.84 Å². The minimum absolute atomic E-state index is 0.146. The van der Waals surface area contributed by atoms with Gasteiger partial charge in [-0.2, -0.15) is 0 Å². The zero-order valence-corrected chi connectivity index (χ0v) is 12.5. The number of benzene rings is 3. The van der Waals surface area contributed by atoms with Crippen molar-refractivity contribution in [3.05, 3.63) is 72.8 Å². The second-order valence-electron chi connectivity index (χ2n) is 4.80. The molecule has 0 amide bonds. The van der Waals surface area contributed by atoms with Crippen molar-refractivity contribution in [3.8, 4) is 17.2 Å². The van der Waals surface area contributed by atoms with E-state index in [1.165, 1.54) is 0 Å². The maximum absolute atomic E-state index is 8.79. The Labute approximate surface area is 134 Å². The normalized spacial score (nSPS) is 9.57. The van der Waals surface area contributed by atoms with Gasteiger partial charge < -0.3 is 27.0 Å². The number of nitrogens with two attached hydrogens (primary N) is 3. The molecule has 0 saturated carbocycles. The Kier molecular flexibility index (Phi) is 5.30. The first-order chi connectivity index (χ1) is 11.0. The predicted octanol–water partition coefficient (Wildman–Crippen LogP) is 3.62. The van der Waals surface area contributed by atoms with Crippen LogP contribution in [0, 0.1) is 0 Å². The van der Waals surface area contributed by atoms with E-state index < -0.39 is 0 Å². The van der Waals surface area contributed by atoms with Gasteiger partial charge in [-0.3, -0.25) is 0 Å². The maximum Gasteiger partial charge on any atom is 0.138 e. The number of anilines is 3. The summed E-state index contributed by atoms with van der Waals surface area (Å²) in [4.78, 5) is 0. The molecule has 0 spiro atoms. The van der Waals surface area contributed by atoms with Crippen LogP contribution in [-0.2, 0) is 0 Å². The zero-order valence-electron chi connectivity index (χ0n) is 12.5. The smallest absolute Gasteiger partial charge is 0.138 e. The Morgan fingerprint density at radius 1 is 0.609 bits per heavy atom. The number of hydrogen-bond donors (Lipinski definition) is 4. The van der Waals surface area contributed by atoms with Gasteiger partial charge in [0.05, 0.1) is 5.69 Å². The predicted molar refractivity (Wildman–Crippen MR) is 94.3 cm³/mol. The lowest BCUT2D eigenvalue weighted by Gasteiger charge is -2.05. The van der Waals surface area contributed by atoms with E-state index in [1.807, 2.05) is 24.3 Å². The number of phenols is 1. The highest BCUT2D eigenvalue weighted by molar-refractivity contribution is 5.50. The lowest BCUT2D eigenvalue weighted by Crippen LogP contribution is -1.87. The fourth-order valence-electron chi connectivity index (χ4n) is 1.70. The van der Waals surface area contributed by atoms with Gasteiger partial charge >= 0.3 is 0 Å². The van der Waals surface area contributed by atoms with Crippen LogP contribution < -0.4 is 21.9 Å². The molecule has 3 aromatic rings. The maximum atomic E-state index is 8.79. The van der Waals surface area contributed by atoms with Crippen molar-refractivity contribution in [2.75, 3.05) is 17.2 Å². The Morgan fingerprint density at radius 2 is 1.04 bits per heavy atom. The van der Waals surface area contributed by atoms with Crippen LogP contribution in [0.3, 0.4) is 0 Å². The molecule has 0 fully saturated rings. The van der Waals surface area contributed by atoms with Crippen molar-refractivity contribution in [2.45, 2.75) is 0 Å². The summed E-state index contributed by atoms with van der Waals surface area (Å²) >= 11 is 0. The Bertz CT molecular complexity index is 676. The number of aromatic hydroxyl groups is 1. The summed E-state index contributed by atoms with van der Waals surface area (Å²) < 4.78 is 5.58. The second-order valence-corrected chi connectivity index (χ2v) is 4.80. The summed E-state index contributed by atoms with van der Waals surface area (Å²) in [5.74, 6) is 1.66. The summed E-state index contributed by atoms with van der Waals surface area (Å²) in [6.45, 7) is 0. The fourth-order valence-corrected chi connectivity index (χ4v) is 1.70. The summed E-state index contributed by atoms with van der Waals surface area (Å²) in [7, 11) is 0. The van der Waals surface area contributed by atoms with Gasteiger partial charge in [0.15, 0.2) is 0 Å². The van der Waals surface area contributed by atoms with E-state index in [0.717, 1.165) is 22.9 Å². The molecule has 0 radical (unpaired) electrons. The van der Waals surface area contributed by atoms with E-state index in [2.05, 4.69) is 0 Å². The van der Waals surface area contributed by atoms with Gasteiger partial charge in [0, 0.05) is 11.4 Å². The van der Waals surface area contributed by atoms with Gasteiger partial charge in [-0.1, -0.05) is 12.1 Å². The average molecular weight is 309 g/mol. The molecule has 5 nitrogen and oxygen atoms in total. The highest BCUT2D eigenvalue weighted by Crippen LogP contribution is 2.22. The Morgan fingerprint density at radius 3 is 1.39 bits per heavy atom. The molecule has 0 atom stereocenters. The molecular formula is C18H19N3O2. The minimum atomic E-state index is 0.146. The van der Waals surface area contributed by atoms with Crippen molar-refractivity contribution in [1.29, 1.82) is 0 Å². The molecule has 5 heteroatoms. The SMILES string of the molecule is Nc1ccc(Oc2ccc(N)cc2)cc1.Nc1ccccc1O. The van der Waals surface area contributed by atoms with E-state index >= 15 is 0 Å². The molecule has 7 N–H and O–H groups in total. The first kappa shape index (κ1) is 16.0. The number of nitrogen functional groups attached to an aromatic ring is 3. The zero-order chi connectivity index (χ0) is 16.7. The third kappa shape index (κ3) is 5.17. The standard InChI is InChI=1S/C12H12N2O.C6H7NO/c13-9-1-5-11(6-2-9)15-12-7-3-10(14)4-8-12;7-5-3-1-2-4-6(5)8/h1-8H,13-14H2;1-4,8H,7H2. The van der Waals surface area contributed by atoms with Crippen LogP contribution in [0.4, 0.5) is 17.1 Å². The molecule has 3 aromatic carbocycles. The summed E-state index contributed by atoms with van der Waals surface area (Å²) in [6, 6.07) is 21.2. The second kappa shape index (κ2) is 7.61. The minimum Gasteiger partial charge on any atom is -0.506 e. The highest BCUT2D eigenvalue weighted by atomic mass is 16.5. The molecule has 0 aliphatic heterocycles. The molecule has 3 rings (SSSR count). The van der Waals surface area contributed by atoms with Crippen LogP contribution in [0.15, 0.2) is 72.8 Å². The van der Waals surface area contributed by atoms with E-state index in [9.17, 15) is 0 Å². The monoisotopic (exact) mass is 309 g/mol. The van der Waals surface area contributed by atoms with Gasteiger partial charge in [-0.05, 0) is 60.7 Å². The average Bonchev–Trinajstić information content (AvgIpc) is 2.55. The van der Waals surface area contributed by atoms with Crippen molar-refractivity contribution in [2.24, 2.45) is 0 Å². The molecule has 0 aromatic heterocycles. The van der Waals surface area contributed by atoms with Crippen LogP contribution in [-0.4, -0.2) is 5.11 Å². The van der Waals surface area contributed by atoms with E-state index in [0.29, 0.717) is 5.69 Å². The largest absolute Gasteiger partial charge is 0.506 e. The first-order valence-corrected chi connectivity index (χ1v) is 6.97. The third-order valence-electron chi connectivity index (χ3n) is 2.93. The summed E-state index contributed by atoms with van der Waals surface area (Å²) in [6.07, 6.45) is 0. The van der Waals surface area contributed by atoms with Crippen LogP contribution in [0.2, 0.25) is 0 Å². The molecule has 0 aliphatic carbocycles. The van der Waals surface area contributed by atoms with Gasteiger partial charge in [0.1, 0.15) is 17.2 Å². The van der Waals surface area contributed by atoms with E-state index in [4.69, 9.17) is 27.0 Å². The summed E-state index contributed by atoms with van der Waals surface area (Å²) in [5.41, 5.74) is 18.3. The van der Waals surface area contributed by atoms with Gasteiger partial charge in [0.2, 0.25) is 0 Å². The van der Waals surface area contributed by atoms with Crippen LogP contribution in [0.1, 0.15) is 0 Å².